The second kappa shape index (κ2) is 11.8. The molecule has 1 heterocycles. The Morgan fingerprint density at radius 3 is 2.15 bits per heavy atom. The lowest BCUT2D eigenvalue weighted by atomic mass is 10.8. The number of nitrogens with zero attached hydrogens (tertiary/aromatic N) is 7. The largest absolute Gasteiger partial charge is 0.361 e. The standard InChI is InChI=1S/C3H6N4O.C3H9N3Si.C3H5NO/c1-2-7-3(8)4-5-6-7;1-7(2,3)6-5-4;1-2-4-3-5/h2H2,1H3,(H,4,6,8);1-3H3;2H2,1H3. The van der Waals surface area contributed by atoms with Crippen molar-refractivity contribution in [3.8, 4) is 0 Å². The van der Waals surface area contributed by atoms with Gasteiger partial charge in [-0.2, -0.15) is 4.68 Å². The van der Waals surface area contributed by atoms with E-state index < -0.39 is 8.24 Å². The number of aryl methyl sites for hydroxylation is 1. The number of tetrazole rings is 1. The van der Waals surface area contributed by atoms with Crippen LogP contribution in [0, 0.1) is 0 Å². The fraction of sp³-hybridized carbons (Fsp3) is 0.778. The van der Waals surface area contributed by atoms with Gasteiger partial charge in [-0.3, -0.25) is 0 Å². The maximum atomic E-state index is 10.4. The highest BCUT2D eigenvalue weighted by molar-refractivity contribution is 6.74. The van der Waals surface area contributed by atoms with Gasteiger partial charge in [0.2, 0.25) is 6.08 Å². The Balaban J connectivity index is 0. The number of nitrogens with one attached hydrogen (secondary N) is 1. The molecule has 0 atom stereocenters. The average molecular weight is 300 g/mol. The number of isocyanates is 1. The molecule has 0 saturated heterocycles. The number of carbonyl (C=O) groups excluding carboxylic acids is 1. The molecule has 0 unspecified atom stereocenters. The van der Waals surface area contributed by atoms with Crippen molar-refractivity contribution in [3.05, 3.63) is 20.9 Å². The van der Waals surface area contributed by atoms with Crippen molar-refractivity contribution in [3.63, 3.8) is 0 Å². The molecule has 11 heteroatoms. The highest BCUT2D eigenvalue weighted by Crippen LogP contribution is 2.00. The minimum Gasteiger partial charge on any atom is -0.245 e. The van der Waals surface area contributed by atoms with E-state index in [1.54, 1.807) is 6.92 Å². The molecule has 1 aromatic heterocycles. The molecular weight excluding hydrogens is 280 g/mol. The Morgan fingerprint density at radius 1 is 1.45 bits per heavy atom. The van der Waals surface area contributed by atoms with E-state index in [2.05, 4.69) is 30.2 Å². The van der Waals surface area contributed by atoms with Gasteiger partial charge in [0.15, 0.2) is 0 Å². The van der Waals surface area contributed by atoms with Crippen molar-refractivity contribution in [2.45, 2.75) is 40.0 Å². The zero-order valence-corrected chi connectivity index (χ0v) is 13.4. The Hall–Kier alpha value is -2.22. The zero-order chi connectivity index (χ0) is 16.0. The average Bonchev–Trinajstić information content (AvgIpc) is 2.76. The van der Waals surface area contributed by atoms with Gasteiger partial charge in [0.25, 0.3) is 0 Å². The van der Waals surface area contributed by atoms with Gasteiger partial charge in [0, 0.05) is 13.1 Å². The number of azide groups is 1. The summed E-state index contributed by atoms with van der Waals surface area (Å²) < 4.78 is 4.81. The number of aromatic amines is 1. The molecule has 0 fully saturated rings. The molecule has 1 aromatic rings. The van der Waals surface area contributed by atoms with Crippen LogP contribution in [0.5, 0.6) is 0 Å². The predicted octanol–water partition coefficient (Wildman–Crippen LogP) is 1.46. The van der Waals surface area contributed by atoms with Gasteiger partial charge >= 0.3 is 5.69 Å². The molecule has 10 nitrogen and oxygen atoms in total. The summed E-state index contributed by atoms with van der Waals surface area (Å²) in [6, 6.07) is 0. The lowest BCUT2D eigenvalue weighted by Crippen LogP contribution is -2.16. The summed E-state index contributed by atoms with van der Waals surface area (Å²) in [5.74, 6) is 0. The van der Waals surface area contributed by atoms with Gasteiger partial charge in [0.1, 0.15) is 8.24 Å². The fourth-order valence-electron chi connectivity index (χ4n) is 0.623. The van der Waals surface area contributed by atoms with Gasteiger partial charge in [-0.05, 0) is 34.7 Å². The van der Waals surface area contributed by atoms with Crippen LogP contribution in [0.2, 0.25) is 19.6 Å². The molecule has 0 aromatic carbocycles. The quantitative estimate of drug-likeness (QED) is 0.225. The SMILES string of the molecule is CCN=C=O.CCn1nn[nH]c1=O.C[Si](C)(C)N=[N+]=[N-]. The maximum Gasteiger partial charge on any atom is 0.361 e. The second-order valence-corrected chi connectivity index (χ2v) is 8.79. The molecule has 0 radical (unpaired) electrons. The molecule has 1 N–H and O–H groups in total. The van der Waals surface area contributed by atoms with Crippen LogP contribution in [0.15, 0.2) is 14.6 Å². The van der Waals surface area contributed by atoms with Gasteiger partial charge in [0.05, 0.1) is 0 Å². The van der Waals surface area contributed by atoms with E-state index in [1.807, 2.05) is 26.6 Å². The number of rotatable bonds is 3. The summed E-state index contributed by atoms with van der Waals surface area (Å²) in [5, 5.41) is 8.87. The molecule has 0 bridgehead atoms. The topological polar surface area (TPSA) is 142 Å². The normalized spacial score (nSPS) is 8.85. The van der Waals surface area contributed by atoms with Crippen molar-refractivity contribution in [2.75, 3.05) is 6.54 Å². The molecule has 0 aliphatic carbocycles. The van der Waals surface area contributed by atoms with Gasteiger partial charge in [-0.15, -0.1) is 4.78 Å². The minimum absolute atomic E-state index is 0.257. The summed E-state index contributed by atoms with van der Waals surface area (Å²) in [7, 11) is -1.45. The summed E-state index contributed by atoms with van der Waals surface area (Å²) in [6.07, 6.45) is 1.39. The molecule has 0 spiro atoms. The van der Waals surface area contributed by atoms with Gasteiger partial charge in [-0.1, -0.05) is 19.6 Å². The lowest BCUT2D eigenvalue weighted by molar-refractivity contribution is 0.563. The van der Waals surface area contributed by atoms with Crippen molar-refractivity contribution in [1.82, 2.24) is 20.2 Å². The first kappa shape index (κ1) is 20.1. The molecular formula is C9H20N8O2Si. The van der Waals surface area contributed by atoms with Crippen LogP contribution in [-0.4, -0.2) is 41.1 Å². The van der Waals surface area contributed by atoms with Crippen molar-refractivity contribution >= 4 is 14.3 Å². The van der Waals surface area contributed by atoms with Crippen molar-refractivity contribution in [1.29, 1.82) is 0 Å². The van der Waals surface area contributed by atoms with Crippen LogP contribution in [0.25, 0.3) is 10.4 Å². The third-order valence-electron chi connectivity index (χ3n) is 1.40. The molecule has 0 amide bonds. The summed E-state index contributed by atoms with van der Waals surface area (Å²) >= 11 is 0. The van der Waals surface area contributed by atoms with Crippen LogP contribution in [-0.2, 0) is 11.3 Å². The fourth-order valence-corrected chi connectivity index (χ4v) is 0.891. The molecule has 20 heavy (non-hydrogen) atoms. The summed E-state index contributed by atoms with van der Waals surface area (Å²) in [6.45, 7) is 10.7. The maximum absolute atomic E-state index is 10.4. The Kier molecular flexibility index (Phi) is 11.9. The molecule has 112 valence electrons. The number of aliphatic imine (C=N–C) groups is 1. The first-order chi connectivity index (χ1) is 9.32. The van der Waals surface area contributed by atoms with Crippen molar-refractivity contribution < 1.29 is 4.79 Å². The number of aromatic nitrogens is 4. The molecule has 1 rings (SSSR count). The van der Waals surface area contributed by atoms with E-state index in [-0.39, 0.29) is 5.69 Å². The van der Waals surface area contributed by atoms with Crippen LogP contribution >= 0.6 is 0 Å². The van der Waals surface area contributed by atoms with Crippen LogP contribution in [0.3, 0.4) is 0 Å². The first-order valence-corrected chi connectivity index (χ1v) is 9.35. The van der Waals surface area contributed by atoms with Crippen molar-refractivity contribution in [2.24, 2.45) is 9.77 Å². The van der Waals surface area contributed by atoms with E-state index in [9.17, 15) is 4.79 Å². The molecule has 0 aliphatic rings. The zero-order valence-electron chi connectivity index (χ0n) is 12.4. The van der Waals surface area contributed by atoms with Crippen LogP contribution in [0.1, 0.15) is 13.8 Å². The smallest absolute Gasteiger partial charge is 0.245 e. The predicted molar refractivity (Wildman–Crippen MR) is 77.5 cm³/mol. The third kappa shape index (κ3) is 13.8. The minimum atomic E-state index is -1.45. The Bertz CT molecular complexity index is 505. The Morgan fingerprint density at radius 2 is 2.05 bits per heavy atom. The van der Waals surface area contributed by atoms with E-state index in [1.165, 1.54) is 10.8 Å². The highest BCUT2D eigenvalue weighted by Gasteiger charge is 2.07. The van der Waals surface area contributed by atoms with Gasteiger partial charge in [-0.25, -0.2) is 19.7 Å². The number of H-pyrrole nitrogens is 1. The van der Waals surface area contributed by atoms with Gasteiger partial charge < -0.3 is 0 Å². The van der Waals surface area contributed by atoms with E-state index in [0.717, 1.165) is 0 Å². The van der Waals surface area contributed by atoms with E-state index >= 15 is 0 Å². The monoisotopic (exact) mass is 300 g/mol. The summed E-state index contributed by atoms with van der Waals surface area (Å²) in [5.41, 5.74) is 7.64. The molecule has 0 aliphatic heterocycles. The lowest BCUT2D eigenvalue weighted by Gasteiger charge is -2.01. The van der Waals surface area contributed by atoms with E-state index in [0.29, 0.717) is 13.1 Å². The first-order valence-electron chi connectivity index (χ1n) is 5.90. The number of hydrogen-bond donors (Lipinski definition) is 1. The highest BCUT2D eigenvalue weighted by atomic mass is 28.3. The third-order valence-corrected chi connectivity index (χ3v) is 2.09. The molecule has 0 saturated carbocycles. The summed E-state index contributed by atoms with van der Waals surface area (Å²) in [4.78, 5) is 25.4. The van der Waals surface area contributed by atoms with Crippen LogP contribution in [0.4, 0.5) is 0 Å². The van der Waals surface area contributed by atoms with Crippen LogP contribution < -0.4 is 5.69 Å². The second-order valence-electron chi connectivity index (χ2n) is 4.25. The number of hydrogen-bond acceptors (Lipinski definition) is 6. The van der Waals surface area contributed by atoms with E-state index in [4.69, 9.17) is 10.3 Å². The Labute approximate surface area is 117 Å².